The lowest BCUT2D eigenvalue weighted by Crippen LogP contribution is -2.43. The Hall–Kier alpha value is -3.32. The van der Waals surface area contributed by atoms with Crippen LogP contribution in [-0.2, 0) is 14.8 Å². The third kappa shape index (κ3) is 8.85. The predicted octanol–water partition coefficient (Wildman–Crippen LogP) is 4.14. The van der Waals surface area contributed by atoms with Gasteiger partial charge in [-0.1, -0.05) is 26.0 Å². The number of rotatable bonds is 8. The smallest absolute Gasteiger partial charge is 0.475 e. The zero-order chi connectivity index (χ0) is 29.4. The van der Waals surface area contributed by atoms with E-state index in [0.29, 0.717) is 30.3 Å². The molecule has 0 saturated carbocycles. The molecule has 0 atom stereocenters. The molecule has 0 radical (unpaired) electrons. The molecule has 3 N–H and O–H groups in total. The van der Waals surface area contributed by atoms with E-state index in [-0.39, 0.29) is 10.8 Å². The van der Waals surface area contributed by atoms with Crippen LogP contribution in [0.2, 0.25) is 0 Å². The highest BCUT2D eigenvalue weighted by Crippen LogP contribution is 2.31. The number of carbonyl (C=O) groups is 2. The van der Waals surface area contributed by atoms with E-state index >= 15 is 0 Å². The SMILES string of the molecule is CCN(CC)C(=O)c1ccc(N2CCNCC2)c(NS(=O)(=O)c2ccc(C(C)C)cc2)c1.O=C(O)C(F)(F)F. The first-order valence-corrected chi connectivity index (χ1v) is 14.0. The Kier molecular flexibility index (Phi) is 11.2. The van der Waals surface area contributed by atoms with Crippen molar-refractivity contribution in [1.82, 2.24) is 10.2 Å². The summed E-state index contributed by atoms with van der Waals surface area (Å²) in [5.74, 6) is -2.54. The number of hydrogen-bond acceptors (Lipinski definition) is 6. The molecule has 1 aliphatic rings. The molecular weight excluding hydrogens is 537 g/mol. The number of hydrogen-bond donors (Lipinski definition) is 3. The van der Waals surface area contributed by atoms with E-state index in [2.05, 4.69) is 28.8 Å². The van der Waals surface area contributed by atoms with Crippen molar-refractivity contribution in [2.75, 3.05) is 48.9 Å². The van der Waals surface area contributed by atoms with Crippen molar-refractivity contribution in [2.45, 2.75) is 44.7 Å². The average molecular weight is 573 g/mol. The first-order valence-electron chi connectivity index (χ1n) is 12.5. The largest absolute Gasteiger partial charge is 0.490 e. The molecule has 0 aromatic heterocycles. The predicted molar refractivity (Wildman–Crippen MR) is 144 cm³/mol. The molecule has 0 aliphatic carbocycles. The number of alkyl halides is 3. The van der Waals surface area contributed by atoms with Crippen LogP contribution in [0.1, 0.15) is 49.5 Å². The van der Waals surface area contributed by atoms with Crippen LogP contribution in [0.4, 0.5) is 24.5 Å². The second-order valence-corrected chi connectivity index (χ2v) is 10.8. The van der Waals surface area contributed by atoms with Crippen molar-refractivity contribution < 1.29 is 36.3 Å². The maximum atomic E-state index is 13.2. The number of aliphatic carboxylic acids is 1. The molecule has 13 heteroatoms. The number of halogens is 3. The minimum absolute atomic E-state index is 0.108. The molecule has 9 nitrogen and oxygen atoms in total. The molecule has 1 amide bonds. The van der Waals surface area contributed by atoms with Crippen molar-refractivity contribution in [3.05, 3.63) is 53.6 Å². The number of amides is 1. The van der Waals surface area contributed by atoms with Gasteiger partial charge in [-0.25, -0.2) is 13.2 Å². The lowest BCUT2D eigenvalue weighted by atomic mass is 10.0. The molecule has 39 heavy (non-hydrogen) atoms. The van der Waals surface area contributed by atoms with E-state index in [0.717, 1.165) is 37.4 Å². The number of carbonyl (C=O) groups excluding carboxylic acids is 1. The van der Waals surface area contributed by atoms with Crippen molar-refractivity contribution in [3.63, 3.8) is 0 Å². The summed E-state index contributed by atoms with van der Waals surface area (Å²) in [6, 6.07) is 12.3. The van der Waals surface area contributed by atoms with Crippen LogP contribution in [0, 0.1) is 0 Å². The highest BCUT2D eigenvalue weighted by atomic mass is 32.2. The summed E-state index contributed by atoms with van der Waals surface area (Å²) < 4.78 is 60.9. The summed E-state index contributed by atoms with van der Waals surface area (Å²) in [5, 5.41) is 10.4. The van der Waals surface area contributed by atoms with Gasteiger partial charge in [-0.15, -0.1) is 0 Å². The minimum atomic E-state index is -5.08. The maximum Gasteiger partial charge on any atom is 0.490 e. The second-order valence-electron chi connectivity index (χ2n) is 9.08. The maximum absolute atomic E-state index is 13.2. The highest BCUT2D eigenvalue weighted by Gasteiger charge is 2.38. The van der Waals surface area contributed by atoms with Crippen LogP contribution in [0.25, 0.3) is 0 Å². The molecule has 1 aliphatic heterocycles. The number of benzene rings is 2. The molecule has 0 spiro atoms. The van der Waals surface area contributed by atoms with Gasteiger partial charge in [0.25, 0.3) is 15.9 Å². The molecule has 0 bridgehead atoms. The molecule has 1 saturated heterocycles. The van der Waals surface area contributed by atoms with E-state index in [1.54, 1.807) is 29.2 Å². The van der Waals surface area contributed by atoms with Gasteiger partial charge in [-0.05, 0) is 55.7 Å². The van der Waals surface area contributed by atoms with Crippen LogP contribution < -0.4 is 14.9 Å². The van der Waals surface area contributed by atoms with Gasteiger partial charge < -0.3 is 20.2 Å². The Labute approximate surface area is 227 Å². The zero-order valence-electron chi connectivity index (χ0n) is 22.4. The van der Waals surface area contributed by atoms with Crippen LogP contribution in [0.15, 0.2) is 47.4 Å². The summed E-state index contributed by atoms with van der Waals surface area (Å²) >= 11 is 0. The van der Waals surface area contributed by atoms with Gasteiger partial charge in [-0.2, -0.15) is 13.2 Å². The van der Waals surface area contributed by atoms with Crippen LogP contribution in [0.5, 0.6) is 0 Å². The van der Waals surface area contributed by atoms with Crippen molar-refractivity contribution in [2.24, 2.45) is 0 Å². The van der Waals surface area contributed by atoms with Gasteiger partial charge in [0.1, 0.15) is 0 Å². The average Bonchev–Trinajstić information content (AvgIpc) is 2.89. The molecular formula is C26H35F3N4O5S. The number of nitrogens with one attached hydrogen (secondary N) is 2. The molecule has 2 aromatic carbocycles. The summed E-state index contributed by atoms with van der Waals surface area (Å²) in [7, 11) is -3.81. The zero-order valence-corrected chi connectivity index (χ0v) is 23.2. The van der Waals surface area contributed by atoms with Gasteiger partial charge in [-0.3, -0.25) is 9.52 Å². The molecule has 1 heterocycles. The van der Waals surface area contributed by atoms with E-state index in [9.17, 15) is 26.4 Å². The second kappa shape index (κ2) is 13.7. The number of piperazine rings is 1. The Bertz CT molecular complexity index is 1230. The minimum Gasteiger partial charge on any atom is -0.475 e. The quantitative estimate of drug-likeness (QED) is 0.435. The third-order valence-electron chi connectivity index (χ3n) is 6.10. The number of anilines is 2. The van der Waals surface area contributed by atoms with E-state index < -0.39 is 22.2 Å². The molecule has 0 unspecified atom stereocenters. The number of nitrogens with zero attached hydrogens (tertiary/aromatic N) is 2. The standard InChI is InChI=1S/C24H34N4O3S.C2HF3O2/c1-5-27(6-2)24(29)20-9-12-23(28-15-13-25-14-16-28)22(17-20)26-32(30,31)21-10-7-19(8-11-21)18(3)4;3-2(4,5)1(6)7/h7-12,17-18,25-26H,5-6,13-16H2,1-4H3;(H,6,7). The van der Waals surface area contributed by atoms with Gasteiger partial charge in [0.15, 0.2) is 0 Å². The van der Waals surface area contributed by atoms with Crippen molar-refractivity contribution in [1.29, 1.82) is 0 Å². The Morgan fingerprint density at radius 2 is 1.59 bits per heavy atom. The fourth-order valence-corrected chi connectivity index (χ4v) is 4.93. The van der Waals surface area contributed by atoms with Crippen molar-refractivity contribution in [3.8, 4) is 0 Å². The third-order valence-corrected chi connectivity index (χ3v) is 7.48. The van der Waals surface area contributed by atoms with Gasteiger partial charge in [0, 0.05) is 44.8 Å². The lowest BCUT2D eigenvalue weighted by molar-refractivity contribution is -0.192. The summed E-state index contributed by atoms with van der Waals surface area (Å²) in [6.07, 6.45) is -5.08. The number of carboxylic acids is 1. The Morgan fingerprint density at radius 1 is 1.05 bits per heavy atom. The number of sulfonamides is 1. The normalized spacial score (nSPS) is 13.9. The number of carboxylic acid groups (broad SMARTS) is 1. The van der Waals surface area contributed by atoms with E-state index in [1.807, 2.05) is 32.0 Å². The monoisotopic (exact) mass is 572 g/mol. The topological polar surface area (TPSA) is 119 Å². The fourth-order valence-electron chi connectivity index (χ4n) is 3.86. The van der Waals surface area contributed by atoms with Gasteiger partial charge >= 0.3 is 12.1 Å². The van der Waals surface area contributed by atoms with Crippen LogP contribution in [0.3, 0.4) is 0 Å². The first-order chi connectivity index (χ1) is 18.2. The lowest BCUT2D eigenvalue weighted by Gasteiger charge is -2.31. The Balaban J connectivity index is 0.000000673. The highest BCUT2D eigenvalue weighted by molar-refractivity contribution is 7.92. The van der Waals surface area contributed by atoms with Crippen LogP contribution >= 0.6 is 0 Å². The van der Waals surface area contributed by atoms with Crippen molar-refractivity contribution >= 4 is 33.3 Å². The van der Waals surface area contributed by atoms with E-state index in [4.69, 9.17) is 9.90 Å². The van der Waals surface area contributed by atoms with Gasteiger partial charge in [0.2, 0.25) is 0 Å². The van der Waals surface area contributed by atoms with E-state index in [1.165, 1.54) is 0 Å². The summed E-state index contributed by atoms with van der Waals surface area (Å²) in [6.45, 7) is 12.4. The summed E-state index contributed by atoms with van der Waals surface area (Å²) in [4.78, 5) is 25.9. The Morgan fingerprint density at radius 3 is 2.05 bits per heavy atom. The molecule has 2 aromatic rings. The fraction of sp³-hybridized carbons (Fsp3) is 0.462. The molecule has 3 rings (SSSR count). The molecule has 1 fully saturated rings. The molecule has 216 valence electrons. The summed E-state index contributed by atoms with van der Waals surface area (Å²) in [5.41, 5.74) is 2.76. The van der Waals surface area contributed by atoms with Gasteiger partial charge in [0.05, 0.1) is 16.3 Å². The first kappa shape index (κ1) is 31.9. The van der Waals surface area contributed by atoms with Crippen LogP contribution in [-0.4, -0.2) is 75.7 Å².